The van der Waals surface area contributed by atoms with Crippen molar-refractivity contribution < 1.29 is 19.4 Å². The number of carbonyl (C=O) groups is 2. The zero-order valence-electron chi connectivity index (χ0n) is 17.0. The first-order valence-electron chi connectivity index (χ1n) is 9.98. The standard InChI is InChI=1S/C24H21N3O4/c1-24(14-25,16-8-9-16)27-22(29)13-31-23(30)19-12-21(15-6-10-17(28)11-7-15)26-20-5-3-2-4-18(19)20/h2-7,10-12,16,28H,8-9,13H2,1H3,(H,27,29)/t24-/m1/s1. The van der Waals surface area contributed by atoms with Crippen LogP contribution >= 0.6 is 0 Å². The van der Waals surface area contributed by atoms with E-state index in [0.29, 0.717) is 16.6 Å². The maximum atomic E-state index is 12.8. The average molecular weight is 415 g/mol. The summed E-state index contributed by atoms with van der Waals surface area (Å²) in [4.78, 5) is 29.7. The molecule has 156 valence electrons. The van der Waals surface area contributed by atoms with Crippen molar-refractivity contribution in [3.63, 3.8) is 0 Å². The zero-order valence-corrected chi connectivity index (χ0v) is 17.0. The Morgan fingerprint density at radius 3 is 2.61 bits per heavy atom. The first-order valence-corrected chi connectivity index (χ1v) is 9.98. The Kier molecular flexibility index (Phi) is 5.30. The molecule has 2 N–H and O–H groups in total. The first-order chi connectivity index (χ1) is 14.9. The minimum atomic E-state index is -0.946. The van der Waals surface area contributed by atoms with Gasteiger partial charge in [-0.3, -0.25) is 4.79 Å². The van der Waals surface area contributed by atoms with Crippen LogP contribution in [0.25, 0.3) is 22.2 Å². The van der Waals surface area contributed by atoms with Crippen LogP contribution in [0.15, 0.2) is 54.6 Å². The lowest BCUT2D eigenvalue weighted by molar-refractivity contribution is -0.125. The van der Waals surface area contributed by atoms with Crippen molar-refractivity contribution in [2.24, 2.45) is 5.92 Å². The number of fused-ring (bicyclic) bond motifs is 1. The summed E-state index contributed by atoms with van der Waals surface area (Å²) in [5.41, 5.74) is 1.21. The quantitative estimate of drug-likeness (QED) is 0.595. The van der Waals surface area contributed by atoms with Gasteiger partial charge in [0, 0.05) is 10.9 Å². The van der Waals surface area contributed by atoms with Crippen LogP contribution in [0, 0.1) is 17.2 Å². The number of aromatic hydroxyl groups is 1. The van der Waals surface area contributed by atoms with Gasteiger partial charge in [-0.05, 0) is 62.1 Å². The monoisotopic (exact) mass is 415 g/mol. The van der Waals surface area contributed by atoms with Gasteiger partial charge in [0.15, 0.2) is 6.61 Å². The van der Waals surface area contributed by atoms with Gasteiger partial charge in [0.25, 0.3) is 5.91 Å². The summed E-state index contributed by atoms with van der Waals surface area (Å²) < 4.78 is 5.27. The predicted octanol–water partition coefficient (Wildman–Crippen LogP) is 3.57. The molecule has 1 aromatic heterocycles. The Labute approximate surface area is 179 Å². The summed E-state index contributed by atoms with van der Waals surface area (Å²) in [6, 6.07) is 17.4. The minimum absolute atomic E-state index is 0.130. The molecule has 0 aliphatic heterocycles. The molecule has 1 fully saturated rings. The highest BCUT2D eigenvalue weighted by atomic mass is 16.5. The van der Waals surface area contributed by atoms with E-state index >= 15 is 0 Å². The van der Waals surface area contributed by atoms with E-state index < -0.39 is 24.0 Å². The highest BCUT2D eigenvalue weighted by molar-refractivity contribution is 6.05. The van der Waals surface area contributed by atoms with Gasteiger partial charge in [-0.25, -0.2) is 9.78 Å². The fourth-order valence-corrected chi connectivity index (χ4v) is 3.54. The lowest BCUT2D eigenvalue weighted by atomic mass is 9.98. The first kappa shape index (κ1) is 20.4. The number of aromatic nitrogens is 1. The number of hydrogen-bond acceptors (Lipinski definition) is 6. The van der Waals surface area contributed by atoms with Crippen molar-refractivity contribution in [1.29, 1.82) is 5.26 Å². The largest absolute Gasteiger partial charge is 0.508 e. The number of para-hydroxylation sites is 1. The predicted molar refractivity (Wildman–Crippen MR) is 114 cm³/mol. The molecule has 31 heavy (non-hydrogen) atoms. The van der Waals surface area contributed by atoms with Gasteiger partial charge in [0.1, 0.15) is 11.3 Å². The molecule has 2 aromatic carbocycles. The topological polar surface area (TPSA) is 112 Å². The van der Waals surface area contributed by atoms with Gasteiger partial charge < -0.3 is 15.2 Å². The van der Waals surface area contributed by atoms with Crippen LogP contribution in [0.2, 0.25) is 0 Å². The molecule has 1 heterocycles. The molecule has 0 unspecified atom stereocenters. The molecule has 7 nitrogen and oxygen atoms in total. The number of esters is 1. The molecule has 1 saturated carbocycles. The maximum absolute atomic E-state index is 12.8. The summed E-state index contributed by atoms with van der Waals surface area (Å²) in [6.45, 7) is 1.21. The van der Waals surface area contributed by atoms with Gasteiger partial charge in [-0.1, -0.05) is 18.2 Å². The van der Waals surface area contributed by atoms with Gasteiger partial charge in [0.2, 0.25) is 0 Å². The highest BCUT2D eigenvalue weighted by Gasteiger charge is 2.43. The zero-order chi connectivity index (χ0) is 22.0. The summed E-state index contributed by atoms with van der Waals surface area (Å²) in [6.07, 6.45) is 1.79. The summed E-state index contributed by atoms with van der Waals surface area (Å²) in [7, 11) is 0. The van der Waals surface area contributed by atoms with E-state index in [4.69, 9.17) is 4.74 Å². The van der Waals surface area contributed by atoms with Crippen LogP contribution in [0.5, 0.6) is 5.75 Å². The summed E-state index contributed by atoms with van der Waals surface area (Å²) >= 11 is 0. The van der Waals surface area contributed by atoms with E-state index in [1.54, 1.807) is 55.5 Å². The number of nitriles is 1. The van der Waals surface area contributed by atoms with Crippen molar-refractivity contribution >= 4 is 22.8 Å². The van der Waals surface area contributed by atoms with Gasteiger partial charge in [-0.2, -0.15) is 5.26 Å². The SMILES string of the molecule is C[C@](C#N)(NC(=O)COC(=O)c1cc(-c2ccc(O)cc2)nc2ccccc12)C1CC1. The number of rotatable bonds is 6. The summed E-state index contributed by atoms with van der Waals surface area (Å²) in [5.74, 6) is -0.903. The Balaban J connectivity index is 1.56. The molecular formula is C24H21N3O4. The number of ether oxygens (including phenoxy) is 1. The van der Waals surface area contributed by atoms with E-state index in [2.05, 4.69) is 16.4 Å². The molecule has 3 aromatic rings. The Hall–Kier alpha value is -3.92. The lowest BCUT2D eigenvalue weighted by Crippen LogP contribution is -2.48. The molecule has 1 atom stereocenters. The van der Waals surface area contributed by atoms with Crippen LogP contribution in [-0.2, 0) is 9.53 Å². The van der Waals surface area contributed by atoms with E-state index in [-0.39, 0.29) is 17.2 Å². The fraction of sp³-hybridized carbons (Fsp3) is 0.250. The van der Waals surface area contributed by atoms with Crippen LogP contribution in [0.3, 0.4) is 0 Å². The van der Waals surface area contributed by atoms with Crippen LogP contribution in [-0.4, -0.2) is 34.1 Å². The average Bonchev–Trinajstić information content (AvgIpc) is 3.63. The van der Waals surface area contributed by atoms with Gasteiger partial charge >= 0.3 is 5.97 Å². The Morgan fingerprint density at radius 2 is 1.94 bits per heavy atom. The van der Waals surface area contributed by atoms with Crippen molar-refractivity contribution in [3.8, 4) is 23.1 Å². The fourth-order valence-electron chi connectivity index (χ4n) is 3.54. The second kappa shape index (κ2) is 8.07. The second-order valence-electron chi connectivity index (χ2n) is 7.83. The number of pyridine rings is 1. The molecule has 1 amide bonds. The van der Waals surface area contributed by atoms with Crippen LogP contribution < -0.4 is 5.32 Å². The minimum Gasteiger partial charge on any atom is -0.508 e. The van der Waals surface area contributed by atoms with E-state index in [0.717, 1.165) is 18.4 Å². The molecule has 0 spiro atoms. The van der Waals surface area contributed by atoms with E-state index in [9.17, 15) is 20.0 Å². The number of phenolic OH excluding ortho intramolecular Hbond substituents is 1. The van der Waals surface area contributed by atoms with Crippen molar-refractivity contribution in [3.05, 3.63) is 60.2 Å². The number of nitrogens with one attached hydrogen (secondary N) is 1. The van der Waals surface area contributed by atoms with Crippen molar-refractivity contribution in [2.75, 3.05) is 6.61 Å². The highest BCUT2D eigenvalue weighted by Crippen LogP contribution is 2.39. The van der Waals surface area contributed by atoms with E-state index in [1.807, 2.05) is 6.07 Å². The van der Waals surface area contributed by atoms with E-state index in [1.165, 1.54) is 0 Å². The number of benzene rings is 2. The summed E-state index contributed by atoms with van der Waals surface area (Å²) in [5, 5.41) is 22.2. The van der Waals surface area contributed by atoms with Crippen LogP contribution in [0.4, 0.5) is 0 Å². The molecule has 1 aliphatic carbocycles. The molecule has 4 rings (SSSR count). The third-order valence-corrected chi connectivity index (χ3v) is 5.46. The van der Waals surface area contributed by atoms with Crippen LogP contribution in [0.1, 0.15) is 30.1 Å². The van der Waals surface area contributed by atoms with Gasteiger partial charge in [0.05, 0.1) is 22.8 Å². The third kappa shape index (κ3) is 4.33. The Morgan fingerprint density at radius 1 is 1.23 bits per heavy atom. The molecule has 0 bridgehead atoms. The smallest absolute Gasteiger partial charge is 0.339 e. The van der Waals surface area contributed by atoms with Crippen molar-refractivity contribution in [2.45, 2.75) is 25.3 Å². The molecule has 1 aliphatic rings. The number of phenols is 1. The number of carbonyl (C=O) groups excluding carboxylic acids is 2. The Bertz CT molecular complexity index is 1200. The number of nitrogens with zero attached hydrogens (tertiary/aromatic N) is 2. The lowest BCUT2D eigenvalue weighted by Gasteiger charge is -2.22. The second-order valence-corrected chi connectivity index (χ2v) is 7.83. The van der Waals surface area contributed by atoms with Gasteiger partial charge in [-0.15, -0.1) is 0 Å². The molecular weight excluding hydrogens is 394 g/mol. The molecule has 0 radical (unpaired) electrons. The normalized spacial score (nSPS) is 15.0. The maximum Gasteiger partial charge on any atom is 0.339 e. The number of amides is 1. The number of hydrogen-bond donors (Lipinski definition) is 2. The van der Waals surface area contributed by atoms with Crippen molar-refractivity contribution in [1.82, 2.24) is 10.3 Å². The third-order valence-electron chi connectivity index (χ3n) is 5.46. The molecule has 0 saturated heterocycles. The molecule has 7 heteroatoms.